The van der Waals surface area contributed by atoms with Crippen molar-refractivity contribution in [2.75, 3.05) is 37.6 Å². The van der Waals surface area contributed by atoms with Crippen LogP contribution in [0.15, 0.2) is 48.5 Å². The van der Waals surface area contributed by atoms with Crippen LogP contribution in [-0.2, 0) is 15.1 Å². The van der Waals surface area contributed by atoms with Gasteiger partial charge >= 0.3 is 6.03 Å². The zero-order chi connectivity index (χ0) is 22.2. The largest absolute Gasteiger partial charge is 0.368 e. The molecular formula is C23H25ClN4O3. The third-order valence-electron chi connectivity index (χ3n) is 6.00. The molecule has 4 amide bonds. The first-order valence-corrected chi connectivity index (χ1v) is 10.7. The molecule has 0 aromatic heterocycles. The molecule has 1 N–H and O–H groups in total. The van der Waals surface area contributed by atoms with Crippen molar-refractivity contribution in [2.45, 2.75) is 19.4 Å². The second-order valence-corrected chi connectivity index (χ2v) is 8.60. The summed E-state index contributed by atoms with van der Waals surface area (Å²) < 4.78 is 0. The number of piperazine rings is 1. The monoisotopic (exact) mass is 440 g/mol. The second kappa shape index (κ2) is 8.23. The molecule has 2 aromatic carbocycles. The van der Waals surface area contributed by atoms with Gasteiger partial charge in [-0.1, -0.05) is 47.5 Å². The Morgan fingerprint density at radius 3 is 2.39 bits per heavy atom. The van der Waals surface area contributed by atoms with E-state index in [1.807, 2.05) is 55.5 Å². The minimum Gasteiger partial charge on any atom is -0.368 e. The first-order chi connectivity index (χ1) is 14.8. The molecule has 2 fully saturated rings. The van der Waals surface area contributed by atoms with Crippen LogP contribution >= 0.6 is 11.6 Å². The smallest absolute Gasteiger partial charge is 0.325 e. The number of aryl methyl sites for hydroxylation is 1. The molecule has 162 valence electrons. The summed E-state index contributed by atoms with van der Waals surface area (Å²) in [5.41, 5.74) is 1.60. The van der Waals surface area contributed by atoms with E-state index in [4.69, 9.17) is 11.6 Å². The van der Waals surface area contributed by atoms with Gasteiger partial charge < -0.3 is 15.1 Å². The topological polar surface area (TPSA) is 73.0 Å². The molecule has 0 radical (unpaired) electrons. The first-order valence-electron chi connectivity index (χ1n) is 10.3. The van der Waals surface area contributed by atoms with Gasteiger partial charge in [0.25, 0.3) is 5.91 Å². The molecule has 7 nitrogen and oxygen atoms in total. The van der Waals surface area contributed by atoms with E-state index in [0.717, 1.165) is 16.2 Å². The maximum atomic E-state index is 13.1. The number of nitrogens with one attached hydrogen (secondary N) is 1. The van der Waals surface area contributed by atoms with Crippen molar-refractivity contribution in [3.63, 3.8) is 0 Å². The number of hydrogen-bond donors (Lipinski definition) is 1. The van der Waals surface area contributed by atoms with Crippen LogP contribution in [0.4, 0.5) is 10.5 Å². The molecule has 0 aliphatic carbocycles. The molecule has 31 heavy (non-hydrogen) atoms. The Bertz CT molecular complexity index is 1020. The summed E-state index contributed by atoms with van der Waals surface area (Å²) in [6.45, 7) is 5.72. The molecule has 2 aliphatic heterocycles. The van der Waals surface area contributed by atoms with Crippen molar-refractivity contribution in [3.05, 3.63) is 64.7 Å². The van der Waals surface area contributed by atoms with Crippen LogP contribution in [0.25, 0.3) is 0 Å². The average Bonchev–Trinajstić information content (AvgIpc) is 2.98. The molecule has 0 unspecified atom stereocenters. The standard InChI is InChI=1S/C23H25ClN4O3/c1-16-6-8-17(9-7-16)23(2)21(30)28(22(31)25-23)15-20(29)27-12-10-26(11-13-27)19-5-3-4-18(24)14-19/h3-9,14H,10-13,15H2,1-2H3,(H,25,31)/t23-/m0/s1. The molecule has 2 aliphatic rings. The molecule has 2 heterocycles. The quantitative estimate of drug-likeness (QED) is 0.742. The molecule has 2 saturated heterocycles. The van der Waals surface area contributed by atoms with E-state index >= 15 is 0 Å². The summed E-state index contributed by atoms with van der Waals surface area (Å²) in [6, 6.07) is 14.5. The highest BCUT2D eigenvalue weighted by molar-refractivity contribution is 6.30. The molecular weight excluding hydrogens is 416 g/mol. The van der Waals surface area contributed by atoms with Gasteiger partial charge in [-0.2, -0.15) is 0 Å². The highest BCUT2D eigenvalue weighted by Gasteiger charge is 2.49. The van der Waals surface area contributed by atoms with Gasteiger partial charge in [0.1, 0.15) is 12.1 Å². The van der Waals surface area contributed by atoms with Crippen molar-refractivity contribution in [3.8, 4) is 0 Å². The van der Waals surface area contributed by atoms with Crippen molar-refractivity contribution in [2.24, 2.45) is 0 Å². The van der Waals surface area contributed by atoms with Crippen molar-refractivity contribution in [1.29, 1.82) is 0 Å². The maximum absolute atomic E-state index is 13.1. The summed E-state index contributed by atoms with van der Waals surface area (Å²) >= 11 is 6.07. The Morgan fingerprint density at radius 2 is 1.74 bits per heavy atom. The molecule has 8 heteroatoms. The van der Waals surface area contributed by atoms with Crippen LogP contribution in [0.3, 0.4) is 0 Å². The predicted molar refractivity (Wildman–Crippen MR) is 119 cm³/mol. The second-order valence-electron chi connectivity index (χ2n) is 8.16. The average molecular weight is 441 g/mol. The van der Waals surface area contributed by atoms with Crippen LogP contribution in [0, 0.1) is 6.92 Å². The zero-order valence-electron chi connectivity index (χ0n) is 17.6. The number of halogens is 1. The molecule has 4 rings (SSSR count). The maximum Gasteiger partial charge on any atom is 0.325 e. The van der Waals surface area contributed by atoms with Gasteiger partial charge in [-0.15, -0.1) is 0 Å². The van der Waals surface area contributed by atoms with E-state index in [0.29, 0.717) is 36.8 Å². The van der Waals surface area contributed by atoms with Crippen molar-refractivity contribution < 1.29 is 14.4 Å². The molecule has 0 bridgehead atoms. The number of carbonyl (C=O) groups excluding carboxylic acids is 3. The lowest BCUT2D eigenvalue weighted by Gasteiger charge is -2.36. The van der Waals surface area contributed by atoms with Crippen LogP contribution in [0.5, 0.6) is 0 Å². The third-order valence-corrected chi connectivity index (χ3v) is 6.24. The number of benzene rings is 2. The van der Waals surface area contributed by atoms with E-state index in [-0.39, 0.29) is 12.5 Å². The predicted octanol–water partition coefficient (Wildman–Crippen LogP) is 2.76. The number of amides is 4. The number of anilines is 1. The summed E-state index contributed by atoms with van der Waals surface area (Å²) in [5.74, 6) is -0.644. The van der Waals surface area contributed by atoms with Gasteiger partial charge in [0.15, 0.2) is 0 Å². The summed E-state index contributed by atoms with van der Waals surface area (Å²) in [5, 5.41) is 3.43. The Morgan fingerprint density at radius 1 is 1.06 bits per heavy atom. The number of nitrogens with zero attached hydrogens (tertiary/aromatic N) is 3. The molecule has 0 spiro atoms. The first kappa shape index (κ1) is 21.2. The number of hydrogen-bond acceptors (Lipinski definition) is 4. The minimum absolute atomic E-state index is 0.234. The highest BCUT2D eigenvalue weighted by atomic mass is 35.5. The Hall–Kier alpha value is -3.06. The van der Waals surface area contributed by atoms with E-state index in [1.54, 1.807) is 11.8 Å². The molecule has 2 aromatic rings. The number of carbonyl (C=O) groups is 3. The van der Waals surface area contributed by atoms with Gasteiger partial charge in [0, 0.05) is 36.9 Å². The molecule has 1 atom stereocenters. The lowest BCUT2D eigenvalue weighted by Crippen LogP contribution is -2.52. The van der Waals surface area contributed by atoms with Crippen molar-refractivity contribution >= 4 is 35.1 Å². The van der Waals surface area contributed by atoms with E-state index in [1.165, 1.54) is 0 Å². The Labute approximate surface area is 186 Å². The van der Waals surface area contributed by atoms with Gasteiger partial charge in [-0.05, 0) is 37.6 Å². The number of imide groups is 1. The SMILES string of the molecule is Cc1ccc([C@]2(C)NC(=O)N(CC(=O)N3CCN(c4cccc(Cl)c4)CC3)C2=O)cc1. The van der Waals surface area contributed by atoms with Gasteiger partial charge in [0.2, 0.25) is 5.91 Å². The van der Waals surface area contributed by atoms with Gasteiger partial charge in [-0.25, -0.2) is 4.79 Å². The lowest BCUT2D eigenvalue weighted by atomic mass is 9.91. The Balaban J connectivity index is 1.39. The van der Waals surface area contributed by atoms with Crippen LogP contribution < -0.4 is 10.2 Å². The fourth-order valence-corrected chi connectivity index (χ4v) is 4.23. The minimum atomic E-state index is -1.17. The highest BCUT2D eigenvalue weighted by Crippen LogP contribution is 2.29. The zero-order valence-corrected chi connectivity index (χ0v) is 18.4. The summed E-state index contributed by atoms with van der Waals surface area (Å²) in [7, 11) is 0. The molecule has 0 saturated carbocycles. The van der Waals surface area contributed by atoms with Crippen molar-refractivity contribution in [1.82, 2.24) is 15.1 Å². The summed E-state index contributed by atoms with van der Waals surface area (Å²) in [6.07, 6.45) is 0. The summed E-state index contributed by atoms with van der Waals surface area (Å²) in [4.78, 5) is 43.3. The van der Waals surface area contributed by atoms with E-state index in [2.05, 4.69) is 10.2 Å². The van der Waals surface area contributed by atoms with Crippen LogP contribution in [0.1, 0.15) is 18.1 Å². The normalized spacial score (nSPS) is 21.5. The third kappa shape index (κ3) is 4.10. The number of urea groups is 1. The van der Waals surface area contributed by atoms with E-state index in [9.17, 15) is 14.4 Å². The van der Waals surface area contributed by atoms with Crippen LogP contribution in [-0.4, -0.2) is 60.4 Å². The lowest BCUT2D eigenvalue weighted by molar-refractivity contribution is -0.139. The van der Waals surface area contributed by atoms with Crippen LogP contribution in [0.2, 0.25) is 5.02 Å². The fourth-order valence-electron chi connectivity index (χ4n) is 4.05. The number of rotatable bonds is 4. The Kier molecular flexibility index (Phi) is 5.62. The van der Waals surface area contributed by atoms with Gasteiger partial charge in [0.05, 0.1) is 0 Å². The fraction of sp³-hybridized carbons (Fsp3) is 0.348. The van der Waals surface area contributed by atoms with E-state index < -0.39 is 17.5 Å². The van der Waals surface area contributed by atoms with Gasteiger partial charge in [-0.3, -0.25) is 14.5 Å².